The van der Waals surface area contributed by atoms with Crippen molar-refractivity contribution in [2.24, 2.45) is 5.14 Å². The molecule has 0 radical (unpaired) electrons. The van der Waals surface area contributed by atoms with Crippen molar-refractivity contribution < 1.29 is 44.3 Å². The molecule has 1 aromatic carbocycles. The fourth-order valence-electron chi connectivity index (χ4n) is 1.74. The largest absolute Gasteiger partial charge is 0.450 e. The first-order chi connectivity index (χ1) is 11.6. The number of alkyl carbamates (subject to hydrolysis) is 1. The van der Waals surface area contributed by atoms with Crippen LogP contribution in [0.5, 0.6) is 0 Å². The molecule has 0 atom stereocenters. The van der Waals surface area contributed by atoms with Gasteiger partial charge in [0, 0.05) is 5.69 Å². The first-order valence-corrected chi connectivity index (χ1v) is 8.18. The van der Waals surface area contributed by atoms with Gasteiger partial charge in [-0.1, -0.05) is 0 Å². The number of carbonyl (C=O) groups excluding carboxylic acids is 1. The summed E-state index contributed by atoms with van der Waals surface area (Å²) in [6.07, 6.45) is -14.0. The zero-order valence-electron chi connectivity index (χ0n) is 12.9. The number of rotatable bonds is 5. The maximum absolute atomic E-state index is 13.3. The number of primary sulfonamides is 1. The second-order valence-electron chi connectivity index (χ2n) is 4.79. The summed E-state index contributed by atoms with van der Waals surface area (Å²) in [5, 5.41) is 6.67. The monoisotopic (exact) mass is 409 g/mol. The van der Waals surface area contributed by atoms with Crippen LogP contribution in [0.3, 0.4) is 0 Å². The van der Waals surface area contributed by atoms with E-state index in [2.05, 4.69) is 4.74 Å². The number of nitrogens with one attached hydrogen (secondary N) is 2. The fraction of sp³-hybridized carbons (Fsp3) is 0.417. The minimum absolute atomic E-state index is 0.472. The van der Waals surface area contributed by atoms with Crippen molar-refractivity contribution in [1.82, 2.24) is 5.32 Å². The third kappa shape index (κ3) is 4.69. The third-order valence-electron chi connectivity index (χ3n) is 2.93. The minimum atomic E-state index is -6.03. The van der Waals surface area contributed by atoms with Crippen molar-refractivity contribution >= 4 is 21.8 Å². The first-order valence-electron chi connectivity index (χ1n) is 6.63. The molecular weight excluding hydrogens is 396 g/mol. The molecule has 0 fully saturated rings. The number of sulfonamides is 1. The maximum Gasteiger partial charge on any atom is 0.439 e. The van der Waals surface area contributed by atoms with Gasteiger partial charge in [-0.3, -0.25) is 5.32 Å². The lowest BCUT2D eigenvalue weighted by atomic mass is 10.1. The van der Waals surface area contributed by atoms with Gasteiger partial charge in [-0.2, -0.15) is 26.3 Å². The molecule has 0 saturated carbocycles. The fourth-order valence-corrected chi connectivity index (χ4v) is 2.26. The lowest BCUT2D eigenvalue weighted by Gasteiger charge is -2.38. The number of halogens is 6. The Labute approximate surface area is 143 Å². The van der Waals surface area contributed by atoms with E-state index in [0.717, 1.165) is 10.6 Å². The summed E-state index contributed by atoms with van der Waals surface area (Å²) in [4.78, 5) is 10.7. The first kappa shape index (κ1) is 21.8. The van der Waals surface area contributed by atoms with Crippen LogP contribution in [0.25, 0.3) is 0 Å². The van der Waals surface area contributed by atoms with Crippen molar-refractivity contribution in [1.29, 1.82) is 0 Å². The number of benzene rings is 1. The van der Waals surface area contributed by atoms with E-state index in [9.17, 15) is 39.6 Å². The second kappa shape index (κ2) is 7.19. The van der Waals surface area contributed by atoms with Crippen molar-refractivity contribution in [2.45, 2.75) is 29.8 Å². The molecule has 0 aliphatic heterocycles. The van der Waals surface area contributed by atoms with Crippen LogP contribution in [-0.2, 0) is 14.8 Å². The Balaban J connectivity index is 3.38. The summed E-state index contributed by atoms with van der Waals surface area (Å²) in [6, 6.07) is 2.64. The molecule has 1 aromatic rings. The quantitative estimate of drug-likeness (QED) is 0.511. The average molecular weight is 409 g/mol. The van der Waals surface area contributed by atoms with E-state index < -0.39 is 51.3 Å². The lowest BCUT2D eigenvalue weighted by Crippen LogP contribution is -2.72. The predicted molar refractivity (Wildman–Crippen MR) is 76.4 cm³/mol. The van der Waals surface area contributed by atoms with Crippen molar-refractivity contribution in [3.8, 4) is 0 Å². The van der Waals surface area contributed by atoms with Crippen molar-refractivity contribution in [3.63, 3.8) is 0 Å². The highest BCUT2D eigenvalue weighted by Gasteiger charge is 2.73. The molecule has 26 heavy (non-hydrogen) atoms. The molecule has 0 aromatic heterocycles. The Morgan fingerprint density at radius 3 is 1.88 bits per heavy atom. The Hall–Kier alpha value is -2.22. The highest BCUT2D eigenvalue weighted by atomic mass is 32.2. The van der Waals surface area contributed by atoms with Crippen LogP contribution in [0.4, 0.5) is 36.8 Å². The molecular formula is C12H13F6N3O4S. The van der Waals surface area contributed by atoms with Crippen molar-refractivity contribution in [3.05, 3.63) is 24.3 Å². The van der Waals surface area contributed by atoms with Gasteiger partial charge in [0.1, 0.15) is 0 Å². The summed E-state index contributed by atoms with van der Waals surface area (Å²) in [5.41, 5.74) is -5.67. The van der Waals surface area contributed by atoms with Crippen molar-refractivity contribution in [2.75, 3.05) is 11.9 Å². The number of hydrogen-bond donors (Lipinski definition) is 3. The Morgan fingerprint density at radius 1 is 1.08 bits per heavy atom. The topological polar surface area (TPSA) is 111 Å². The number of amides is 1. The minimum Gasteiger partial charge on any atom is -0.450 e. The van der Waals surface area contributed by atoms with E-state index in [-0.39, 0.29) is 0 Å². The maximum atomic E-state index is 13.3. The summed E-state index contributed by atoms with van der Waals surface area (Å²) < 4.78 is 106. The predicted octanol–water partition coefficient (Wildman–Crippen LogP) is 2.31. The smallest absolute Gasteiger partial charge is 0.439 e. The Morgan fingerprint density at radius 2 is 1.54 bits per heavy atom. The zero-order valence-corrected chi connectivity index (χ0v) is 13.7. The highest BCUT2D eigenvalue weighted by Crippen LogP contribution is 2.43. The van der Waals surface area contributed by atoms with Crippen LogP contribution in [0.1, 0.15) is 6.92 Å². The number of hydrogen-bond acceptors (Lipinski definition) is 5. The molecule has 0 aliphatic rings. The van der Waals surface area contributed by atoms with E-state index in [1.54, 1.807) is 0 Å². The standard InChI is InChI=1S/C12H13F6N3O4S/c1-2-25-9(22)21-10(11(13,14)15,12(16,17)18)20-7-3-5-8(6-4-7)26(19,23)24/h3-6,20H,2H2,1H3,(H,21,22)(H2,19,23,24). The van der Waals surface area contributed by atoms with Gasteiger partial charge in [0.15, 0.2) is 0 Å². The third-order valence-corrected chi connectivity index (χ3v) is 3.86. The van der Waals surface area contributed by atoms with Gasteiger partial charge in [-0.25, -0.2) is 18.4 Å². The van der Waals surface area contributed by atoms with Gasteiger partial charge in [0.25, 0.3) is 0 Å². The van der Waals surface area contributed by atoms with Crippen LogP contribution in [0.2, 0.25) is 0 Å². The lowest BCUT2D eigenvalue weighted by molar-refractivity contribution is -0.294. The van der Waals surface area contributed by atoms with E-state index >= 15 is 0 Å². The molecule has 148 valence electrons. The number of anilines is 1. The molecule has 0 saturated heterocycles. The van der Waals surface area contributed by atoms with E-state index in [1.165, 1.54) is 6.92 Å². The average Bonchev–Trinajstić information content (AvgIpc) is 2.44. The molecule has 0 heterocycles. The van der Waals surface area contributed by atoms with Crippen LogP contribution in [0.15, 0.2) is 29.2 Å². The number of carbonyl (C=O) groups is 1. The summed E-state index contributed by atoms with van der Waals surface area (Å²) >= 11 is 0. The second-order valence-corrected chi connectivity index (χ2v) is 6.35. The molecule has 4 N–H and O–H groups in total. The summed E-state index contributed by atoms with van der Waals surface area (Å²) in [7, 11) is -4.21. The molecule has 0 spiro atoms. The molecule has 0 bridgehead atoms. The zero-order chi connectivity index (χ0) is 20.4. The molecule has 14 heteroatoms. The van der Waals surface area contributed by atoms with Crippen LogP contribution in [-0.4, -0.2) is 39.1 Å². The van der Waals surface area contributed by atoms with Crippen LogP contribution >= 0.6 is 0 Å². The number of nitrogens with two attached hydrogens (primary N) is 1. The summed E-state index contributed by atoms with van der Waals surface area (Å²) in [5.74, 6) is 0. The SMILES string of the molecule is CCOC(=O)NC(Nc1ccc(S(N)(=O)=O)cc1)(C(F)(F)F)C(F)(F)F. The van der Waals surface area contributed by atoms with Crippen LogP contribution < -0.4 is 15.8 Å². The van der Waals surface area contributed by atoms with Gasteiger partial charge in [-0.05, 0) is 31.2 Å². The molecule has 1 amide bonds. The molecule has 0 aliphatic carbocycles. The van der Waals surface area contributed by atoms with E-state index in [0.29, 0.717) is 24.3 Å². The van der Waals surface area contributed by atoms with E-state index in [1.807, 2.05) is 0 Å². The molecule has 1 rings (SSSR count). The van der Waals surface area contributed by atoms with Crippen LogP contribution in [0, 0.1) is 0 Å². The van der Waals surface area contributed by atoms with E-state index in [4.69, 9.17) is 5.14 Å². The van der Waals surface area contributed by atoms with Gasteiger partial charge >= 0.3 is 24.1 Å². The number of alkyl halides is 6. The summed E-state index contributed by atoms with van der Waals surface area (Å²) in [6.45, 7) is 0.711. The Kier molecular flexibility index (Phi) is 6.03. The molecule has 7 nitrogen and oxygen atoms in total. The normalized spacial score (nSPS) is 13.2. The number of ether oxygens (including phenoxy) is 1. The Bertz CT molecular complexity index is 732. The van der Waals surface area contributed by atoms with Gasteiger partial charge < -0.3 is 10.1 Å². The molecule has 0 unspecified atom stereocenters. The highest BCUT2D eigenvalue weighted by molar-refractivity contribution is 7.89. The van der Waals surface area contributed by atoms with Gasteiger partial charge in [0.05, 0.1) is 11.5 Å². The van der Waals surface area contributed by atoms with Gasteiger partial charge in [-0.15, -0.1) is 0 Å². The van der Waals surface area contributed by atoms with Gasteiger partial charge in [0.2, 0.25) is 10.0 Å².